The number of para-hydroxylation sites is 1. The van der Waals surface area contributed by atoms with Gasteiger partial charge < -0.3 is 28.8 Å². The van der Waals surface area contributed by atoms with Crippen LogP contribution in [0.5, 0.6) is 28.7 Å². The van der Waals surface area contributed by atoms with E-state index in [2.05, 4.69) is 5.32 Å². The average molecular weight is 508 g/mol. The number of rotatable bonds is 9. The highest BCUT2D eigenvalue weighted by Gasteiger charge is 2.29. The van der Waals surface area contributed by atoms with Gasteiger partial charge >= 0.3 is 6.09 Å². The number of hydrogen-bond acceptors (Lipinski definition) is 9. The number of hydrogen-bond donors (Lipinski definition) is 4. The highest BCUT2D eigenvalue weighted by molar-refractivity contribution is 5.87. The topological polar surface area (TPSA) is 145 Å². The number of fused-ring (bicyclic) bond motifs is 1. The minimum Gasteiger partial charge on any atom is -0.504 e. The molecule has 2 amide bonds. The molecule has 192 valence electrons. The van der Waals surface area contributed by atoms with Crippen LogP contribution in [0.3, 0.4) is 0 Å². The SMILES string of the molecule is COc1ccc([C@H](OC(=O)Nc2ccc3c(c2)OCO3)[C@H](/C=C/C(=O)NO)Oc2ccccc2)cc1O. The number of ether oxygens (including phenoxy) is 5. The van der Waals surface area contributed by atoms with Crippen LogP contribution in [0.25, 0.3) is 0 Å². The fourth-order valence-corrected chi connectivity index (χ4v) is 3.52. The number of hydroxylamine groups is 1. The fraction of sp³-hybridized carbons (Fsp3) is 0.154. The first-order valence-corrected chi connectivity index (χ1v) is 11.0. The molecule has 11 heteroatoms. The van der Waals surface area contributed by atoms with Gasteiger partial charge in [0.25, 0.3) is 5.91 Å². The van der Waals surface area contributed by atoms with Gasteiger partial charge in [0.1, 0.15) is 5.75 Å². The maximum absolute atomic E-state index is 13.0. The molecule has 0 saturated heterocycles. The van der Waals surface area contributed by atoms with Crippen molar-refractivity contribution >= 4 is 17.7 Å². The Morgan fingerprint density at radius 1 is 1.03 bits per heavy atom. The quantitative estimate of drug-likeness (QED) is 0.192. The van der Waals surface area contributed by atoms with E-state index in [-0.39, 0.29) is 18.3 Å². The number of aromatic hydroxyl groups is 1. The molecule has 1 heterocycles. The zero-order valence-electron chi connectivity index (χ0n) is 19.6. The molecule has 4 rings (SSSR count). The summed E-state index contributed by atoms with van der Waals surface area (Å²) in [6, 6.07) is 17.9. The summed E-state index contributed by atoms with van der Waals surface area (Å²) in [7, 11) is 1.40. The van der Waals surface area contributed by atoms with Crippen molar-refractivity contribution in [2.75, 3.05) is 19.2 Å². The zero-order valence-corrected chi connectivity index (χ0v) is 19.6. The van der Waals surface area contributed by atoms with Gasteiger partial charge in [-0.05, 0) is 42.5 Å². The predicted octanol–water partition coefficient (Wildman–Crippen LogP) is 3.93. The summed E-state index contributed by atoms with van der Waals surface area (Å²) in [5, 5.41) is 21.9. The molecule has 0 aromatic heterocycles. The summed E-state index contributed by atoms with van der Waals surface area (Å²) in [5.74, 6) is 0.641. The number of methoxy groups -OCH3 is 1. The first-order valence-electron chi connectivity index (χ1n) is 11.0. The molecular weight excluding hydrogens is 484 g/mol. The standard InChI is InChI=1S/C26H24N2O9/c1-33-20-9-7-16(13-19(20)29)25(22(11-12-24(30)28-32)36-18-5-3-2-4-6-18)37-26(31)27-17-8-10-21-23(14-17)35-15-34-21/h2-14,22,25,29,32H,15H2,1H3,(H,27,31)(H,28,30)/b12-11+/t22-,25-/m0/s1. The Hall–Kier alpha value is -4.90. The van der Waals surface area contributed by atoms with Crippen LogP contribution in [-0.2, 0) is 9.53 Å². The van der Waals surface area contributed by atoms with Crippen molar-refractivity contribution in [3.8, 4) is 28.7 Å². The van der Waals surface area contributed by atoms with E-state index >= 15 is 0 Å². The van der Waals surface area contributed by atoms with Crippen molar-refractivity contribution in [3.63, 3.8) is 0 Å². The van der Waals surface area contributed by atoms with Gasteiger partial charge in [0.05, 0.1) is 7.11 Å². The maximum Gasteiger partial charge on any atom is 0.412 e. The minimum atomic E-state index is -1.16. The Bertz CT molecular complexity index is 1280. The van der Waals surface area contributed by atoms with Crippen LogP contribution < -0.4 is 29.7 Å². The Balaban J connectivity index is 1.65. The smallest absolute Gasteiger partial charge is 0.412 e. The average Bonchev–Trinajstić information content (AvgIpc) is 3.38. The monoisotopic (exact) mass is 508 g/mol. The molecule has 0 fully saturated rings. The third-order valence-corrected chi connectivity index (χ3v) is 5.25. The van der Waals surface area contributed by atoms with Crippen LogP contribution in [0.2, 0.25) is 0 Å². The highest BCUT2D eigenvalue weighted by atomic mass is 16.7. The molecule has 0 radical (unpaired) electrons. The number of benzene rings is 3. The highest BCUT2D eigenvalue weighted by Crippen LogP contribution is 2.36. The number of amides is 2. The van der Waals surface area contributed by atoms with E-state index in [0.717, 1.165) is 6.08 Å². The van der Waals surface area contributed by atoms with Crippen LogP contribution >= 0.6 is 0 Å². The van der Waals surface area contributed by atoms with Crippen LogP contribution in [0.1, 0.15) is 11.7 Å². The number of anilines is 1. The molecule has 2 atom stereocenters. The number of phenolic OH excluding ortho intramolecular Hbond substituents is 1. The summed E-state index contributed by atoms with van der Waals surface area (Å²) in [6.45, 7) is 0.0819. The van der Waals surface area contributed by atoms with Gasteiger partial charge in [-0.2, -0.15) is 0 Å². The summed E-state index contributed by atoms with van der Waals surface area (Å²) in [6.07, 6.45) is -0.717. The molecule has 11 nitrogen and oxygen atoms in total. The van der Waals surface area contributed by atoms with Crippen LogP contribution in [-0.4, -0.2) is 42.3 Å². The maximum atomic E-state index is 13.0. The van der Waals surface area contributed by atoms with Gasteiger partial charge in [-0.3, -0.25) is 15.3 Å². The Labute approximate surface area is 211 Å². The first kappa shape index (κ1) is 25.2. The van der Waals surface area contributed by atoms with Gasteiger partial charge in [0.2, 0.25) is 6.79 Å². The van der Waals surface area contributed by atoms with Crippen molar-refractivity contribution < 1.29 is 43.6 Å². The molecule has 0 bridgehead atoms. The fourth-order valence-electron chi connectivity index (χ4n) is 3.52. The first-order chi connectivity index (χ1) is 18.0. The minimum absolute atomic E-state index is 0.0819. The van der Waals surface area contributed by atoms with Crippen molar-refractivity contribution in [2.24, 2.45) is 0 Å². The van der Waals surface area contributed by atoms with Crippen molar-refractivity contribution in [2.45, 2.75) is 12.2 Å². The Morgan fingerprint density at radius 2 is 1.81 bits per heavy atom. The summed E-state index contributed by atoms with van der Waals surface area (Å²) >= 11 is 0. The van der Waals surface area contributed by atoms with E-state index in [1.807, 2.05) is 0 Å². The second-order valence-electron chi connectivity index (χ2n) is 7.68. The molecule has 3 aromatic carbocycles. The molecule has 37 heavy (non-hydrogen) atoms. The summed E-state index contributed by atoms with van der Waals surface area (Å²) < 4.78 is 27.5. The Kier molecular flexibility index (Phi) is 7.96. The third-order valence-electron chi connectivity index (χ3n) is 5.25. The lowest BCUT2D eigenvalue weighted by Gasteiger charge is -2.26. The number of nitrogens with one attached hydrogen (secondary N) is 2. The van der Waals surface area contributed by atoms with Gasteiger partial charge in [-0.15, -0.1) is 0 Å². The van der Waals surface area contributed by atoms with Crippen LogP contribution in [0.4, 0.5) is 10.5 Å². The normalized spacial score (nSPS) is 13.5. The summed E-state index contributed by atoms with van der Waals surface area (Å²) in [5.41, 5.74) is 2.23. The number of carbonyl (C=O) groups is 2. The van der Waals surface area contributed by atoms with Crippen molar-refractivity contribution in [1.29, 1.82) is 0 Å². The molecule has 3 aromatic rings. The molecule has 0 spiro atoms. The second kappa shape index (κ2) is 11.7. The molecule has 0 saturated carbocycles. The van der Waals surface area contributed by atoms with E-state index in [4.69, 9.17) is 28.9 Å². The molecule has 0 aliphatic carbocycles. The van der Waals surface area contributed by atoms with E-state index in [1.54, 1.807) is 54.6 Å². The van der Waals surface area contributed by atoms with E-state index in [9.17, 15) is 14.7 Å². The predicted molar refractivity (Wildman–Crippen MR) is 130 cm³/mol. The lowest BCUT2D eigenvalue weighted by Crippen LogP contribution is -2.30. The van der Waals surface area contributed by atoms with Crippen molar-refractivity contribution in [3.05, 3.63) is 84.4 Å². The van der Waals surface area contributed by atoms with E-state index in [0.29, 0.717) is 28.5 Å². The summed E-state index contributed by atoms with van der Waals surface area (Å²) in [4.78, 5) is 24.7. The molecule has 4 N–H and O–H groups in total. The molecule has 1 aliphatic rings. The zero-order chi connectivity index (χ0) is 26.2. The molecule has 1 aliphatic heterocycles. The third kappa shape index (κ3) is 6.41. The van der Waals surface area contributed by atoms with E-state index in [1.165, 1.54) is 30.8 Å². The van der Waals surface area contributed by atoms with Gasteiger partial charge in [-0.25, -0.2) is 10.3 Å². The van der Waals surface area contributed by atoms with Gasteiger partial charge in [0, 0.05) is 23.4 Å². The molecular formula is C26H24N2O9. The number of phenols is 1. The van der Waals surface area contributed by atoms with Crippen LogP contribution in [0, 0.1) is 0 Å². The van der Waals surface area contributed by atoms with Crippen LogP contribution in [0.15, 0.2) is 78.9 Å². The number of carbonyl (C=O) groups excluding carboxylic acids is 2. The lowest BCUT2D eigenvalue weighted by molar-refractivity contribution is -0.124. The largest absolute Gasteiger partial charge is 0.504 e. The van der Waals surface area contributed by atoms with Crippen molar-refractivity contribution in [1.82, 2.24) is 5.48 Å². The second-order valence-corrected chi connectivity index (χ2v) is 7.68. The van der Waals surface area contributed by atoms with Gasteiger partial charge in [0.15, 0.2) is 35.2 Å². The molecule has 0 unspecified atom stereocenters. The lowest BCUT2D eigenvalue weighted by atomic mass is 10.0. The Morgan fingerprint density at radius 3 is 2.54 bits per heavy atom. The van der Waals surface area contributed by atoms with Gasteiger partial charge in [-0.1, -0.05) is 24.3 Å². The van der Waals surface area contributed by atoms with E-state index < -0.39 is 24.2 Å².